The van der Waals surface area contributed by atoms with Crippen molar-refractivity contribution < 1.29 is 5.11 Å². The molecule has 0 saturated carbocycles. The first kappa shape index (κ1) is 20.9. The van der Waals surface area contributed by atoms with Crippen LogP contribution in [0.5, 0.6) is 5.75 Å². The fourth-order valence-electron chi connectivity index (χ4n) is 2.57. The van der Waals surface area contributed by atoms with Crippen molar-refractivity contribution in [3.63, 3.8) is 0 Å². The van der Waals surface area contributed by atoms with E-state index >= 15 is 0 Å². The summed E-state index contributed by atoms with van der Waals surface area (Å²) in [6, 6.07) is 17.4. The van der Waals surface area contributed by atoms with Crippen LogP contribution in [0.3, 0.4) is 0 Å². The van der Waals surface area contributed by atoms with Crippen LogP contribution in [0.2, 0.25) is 0 Å². The summed E-state index contributed by atoms with van der Waals surface area (Å²) < 4.78 is 2.82. The van der Waals surface area contributed by atoms with Crippen LogP contribution in [0.1, 0.15) is 34.1 Å². The Morgan fingerprint density at radius 1 is 1.11 bits per heavy atom. The molecule has 0 spiro atoms. The predicted octanol–water partition coefficient (Wildman–Crippen LogP) is 7.28. The number of benzene rings is 2. The monoisotopic (exact) mass is 379 g/mol. The van der Waals surface area contributed by atoms with Gasteiger partial charge in [-0.25, -0.2) is 0 Å². The molecule has 2 nitrogen and oxygen atoms in total. The standard InChI is InChI=1S/C16H13NOS.C8H16/c1-17-15-5-3-2-4-12(15)10-14(16(17)19)11-6-8-13(18)9-7-11;1-6-8(4,5)7(2)3/h2-10,18H,1H3;2,6H2,1,3-5H3. The Labute approximate surface area is 167 Å². The third-order valence-corrected chi connectivity index (χ3v) is 5.84. The zero-order valence-corrected chi connectivity index (χ0v) is 17.7. The molecule has 142 valence electrons. The SMILES string of the molecule is C=C(C)C(C)(C)CC.Cn1c(=S)c(-c2ccc(O)cc2)cc2ccccc21. The maximum absolute atomic E-state index is 9.37. The molecule has 1 aromatic heterocycles. The molecule has 3 rings (SSSR count). The normalized spacial score (nSPS) is 11.0. The molecule has 27 heavy (non-hydrogen) atoms. The number of allylic oxidation sites excluding steroid dienone is 1. The van der Waals surface area contributed by atoms with Crippen molar-refractivity contribution in [2.24, 2.45) is 12.5 Å². The van der Waals surface area contributed by atoms with E-state index in [1.807, 2.05) is 35.9 Å². The highest BCUT2D eigenvalue weighted by atomic mass is 32.1. The van der Waals surface area contributed by atoms with Crippen LogP contribution in [0.4, 0.5) is 0 Å². The van der Waals surface area contributed by atoms with Gasteiger partial charge in [0.25, 0.3) is 0 Å². The zero-order chi connectivity index (χ0) is 20.2. The van der Waals surface area contributed by atoms with E-state index in [9.17, 15) is 5.11 Å². The van der Waals surface area contributed by atoms with Crippen molar-refractivity contribution in [3.05, 3.63) is 71.4 Å². The van der Waals surface area contributed by atoms with Crippen LogP contribution in [0, 0.1) is 10.1 Å². The first-order valence-corrected chi connectivity index (χ1v) is 9.62. The summed E-state index contributed by atoms with van der Waals surface area (Å²) in [5.74, 6) is 0.264. The van der Waals surface area contributed by atoms with Crippen LogP contribution in [0.15, 0.2) is 66.7 Å². The van der Waals surface area contributed by atoms with Gasteiger partial charge in [0.1, 0.15) is 10.4 Å². The maximum Gasteiger partial charge on any atom is 0.115 e. The lowest BCUT2D eigenvalue weighted by Crippen LogP contribution is -2.09. The largest absolute Gasteiger partial charge is 0.508 e. The average Bonchev–Trinajstić information content (AvgIpc) is 2.66. The highest BCUT2D eigenvalue weighted by Crippen LogP contribution is 2.28. The van der Waals surface area contributed by atoms with E-state index < -0.39 is 0 Å². The summed E-state index contributed by atoms with van der Waals surface area (Å²) in [6.07, 6.45) is 1.18. The summed E-state index contributed by atoms with van der Waals surface area (Å²) in [7, 11) is 1.98. The van der Waals surface area contributed by atoms with E-state index in [0.717, 1.165) is 26.7 Å². The Balaban J connectivity index is 0.000000279. The minimum atomic E-state index is 0.264. The molecule has 0 amide bonds. The number of phenols is 1. The van der Waals surface area contributed by atoms with Gasteiger partial charge in [0.05, 0.1) is 0 Å². The van der Waals surface area contributed by atoms with E-state index in [1.54, 1.807) is 12.1 Å². The number of para-hydroxylation sites is 1. The van der Waals surface area contributed by atoms with Crippen molar-refractivity contribution >= 4 is 23.1 Å². The van der Waals surface area contributed by atoms with Crippen molar-refractivity contribution in [1.82, 2.24) is 4.57 Å². The number of pyridine rings is 1. The zero-order valence-electron chi connectivity index (χ0n) is 16.9. The molecule has 0 fully saturated rings. The molecular weight excluding hydrogens is 350 g/mol. The Kier molecular flexibility index (Phi) is 6.61. The third-order valence-electron chi connectivity index (χ3n) is 5.35. The number of hydrogen-bond acceptors (Lipinski definition) is 2. The minimum absolute atomic E-state index is 0.264. The molecule has 0 unspecified atom stereocenters. The second kappa shape index (κ2) is 8.53. The minimum Gasteiger partial charge on any atom is -0.508 e. The van der Waals surface area contributed by atoms with E-state index in [0.29, 0.717) is 5.41 Å². The Morgan fingerprint density at radius 3 is 2.22 bits per heavy atom. The second-order valence-corrected chi connectivity index (χ2v) is 7.93. The predicted molar refractivity (Wildman–Crippen MR) is 120 cm³/mol. The van der Waals surface area contributed by atoms with Gasteiger partial charge >= 0.3 is 0 Å². The lowest BCUT2D eigenvalue weighted by atomic mass is 9.84. The van der Waals surface area contributed by atoms with Gasteiger partial charge in [-0.1, -0.05) is 75.5 Å². The van der Waals surface area contributed by atoms with Gasteiger partial charge in [0.2, 0.25) is 0 Å². The molecule has 1 heterocycles. The molecule has 0 bridgehead atoms. The lowest BCUT2D eigenvalue weighted by molar-refractivity contribution is 0.431. The summed E-state index contributed by atoms with van der Waals surface area (Å²) in [5.41, 5.74) is 4.77. The molecule has 0 saturated heterocycles. The van der Waals surface area contributed by atoms with E-state index in [4.69, 9.17) is 12.2 Å². The van der Waals surface area contributed by atoms with Crippen molar-refractivity contribution in [2.45, 2.75) is 34.1 Å². The maximum atomic E-state index is 9.37. The summed E-state index contributed by atoms with van der Waals surface area (Å²) in [4.78, 5) is 0. The number of fused-ring (bicyclic) bond motifs is 1. The topological polar surface area (TPSA) is 25.2 Å². The number of rotatable bonds is 3. The second-order valence-electron chi connectivity index (χ2n) is 7.55. The third kappa shape index (κ3) is 4.86. The Hall–Kier alpha value is -2.39. The van der Waals surface area contributed by atoms with Gasteiger partial charge in [0, 0.05) is 18.1 Å². The van der Waals surface area contributed by atoms with Gasteiger partial charge in [-0.2, -0.15) is 0 Å². The van der Waals surface area contributed by atoms with Gasteiger partial charge in [0.15, 0.2) is 0 Å². The molecule has 2 aromatic carbocycles. The lowest BCUT2D eigenvalue weighted by Gasteiger charge is -2.22. The molecule has 3 heteroatoms. The Bertz CT molecular complexity index is 997. The van der Waals surface area contributed by atoms with Gasteiger partial charge in [-0.3, -0.25) is 0 Å². The highest BCUT2D eigenvalue weighted by molar-refractivity contribution is 7.71. The number of nitrogens with zero attached hydrogens (tertiary/aromatic N) is 1. The molecule has 0 aliphatic carbocycles. The first-order chi connectivity index (χ1) is 12.7. The van der Waals surface area contributed by atoms with Crippen molar-refractivity contribution in [3.8, 4) is 16.9 Å². The molecule has 0 atom stereocenters. The van der Waals surface area contributed by atoms with Gasteiger partial charge in [-0.05, 0) is 54.0 Å². The van der Waals surface area contributed by atoms with E-state index in [2.05, 4.69) is 52.5 Å². The summed E-state index contributed by atoms with van der Waals surface area (Å²) in [5, 5.41) is 10.5. The molecule has 1 N–H and O–H groups in total. The van der Waals surface area contributed by atoms with Crippen LogP contribution in [0.25, 0.3) is 22.0 Å². The fraction of sp³-hybridized carbons (Fsp3) is 0.292. The highest BCUT2D eigenvalue weighted by Gasteiger charge is 2.14. The summed E-state index contributed by atoms with van der Waals surface area (Å²) >= 11 is 5.54. The molecular formula is C24H29NOS. The number of aromatic nitrogens is 1. The fourth-order valence-corrected chi connectivity index (χ4v) is 2.85. The quantitative estimate of drug-likeness (QED) is 0.382. The average molecular weight is 380 g/mol. The molecule has 3 aromatic rings. The molecule has 0 radical (unpaired) electrons. The smallest absolute Gasteiger partial charge is 0.115 e. The summed E-state index contributed by atoms with van der Waals surface area (Å²) in [6.45, 7) is 12.6. The number of aromatic hydroxyl groups is 1. The van der Waals surface area contributed by atoms with Crippen molar-refractivity contribution in [1.29, 1.82) is 0 Å². The Morgan fingerprint density at radius 2 is 1.70 bits per heavy atom. The first-order valence-electron chi connectivity index (χ1n) is 9.21. The van der Waals surface area contributed by atoms with Crippen LogP contribution in [-0.2, 0) is 7.05 Å². The van der Waals surface area contributed by atoms with Crippen LogP contribution < -0.4 is 0 Å². The van der Waals surface area contributed by atoms with Crippen molar-refractivity contribution in [2.75, 3.05) is 0 Å². The molecule has 0 aliphatic rings. The molecule has 0 aliphatic heterocycles. The van der Waals surface area contributed by atoms with Crippen LogP contribution in [-0.4, -0.2) is 9.67 Å². The van der Waals surface area contributed by atoms with Gasteiger partial charge < -0.3 is 9.67 Å². The van der Waals surface area contributed by atoms with Crippen LogP contribution >= 0.6 is 12.2 Å². The number of phenolic OH excluding ortho intramolecular Hbond substituents is 1. The number of hydrogen-bond donors (Lipinski definition) is 1. The van der Waals surface area contributed by atoms with Gasteiger partial charge in [-0.15, -0.1) is 0 Å². The van der Waals surface area contributed by atoms with E-state index in [1.165, 1.54) is 12.0 Å². The van der Waals surface area contributed by atoms with E-state index in [-0.39, 0.29) is 5.75 Å². The number of aryl methyl sites for hydroxylation is 1.